The highest BCUT2D eigenvalue weighted by atomic mass is 79.9. The van der Waals surface area contributed by atoms with Crippen LogP contribution in [0, 0.1) is 0 Å². The first-order valence-corrected chi connectivity index (χ1v) is 7.44. The van der Waals surface area contributed by atoms with E-state index in [9.17, 15) is 0 Å². The first-order valence-electron chi connectivity index (χ1n) is 6.27. The molecule has 0 aliphatic rings. The van der Waals surface area contributed by atoms with Gasteiger partial charge in [-0.1, -0.05) is 30.7 Å². The topological polar surface area (TPSA) is 24.9 Å². The van der Waals surface area contributed by atoms with E-state index in [-0.39, 0.29) is 6.04 Å². The Morgan fingerprint density at radius 2 is 2.00 bits per heavy atom. The average molecular weight is 340 g/mol. The molecular weight excluding hydrogens is 324 g/mol. The van der Waals surface area contributed by atoms with Crippen LogP contribution >= 0.6 is 27.5 Å². The zero-order valence-corrected chi connectivity index (χ0v) is 13.1. The molecule has 100 valence electrons. The third-order valence-electron chi connectivity index (χ3n) is 2.92. The molecule has 1 aromatic heterocycles. The summed E-state index contributed by atoms with van der Waals surface area (Å²) in [5.74, 6) is 0. The second kappa shape index (κ2) is 7.04. The number of nitrogens with one attached hydrogen (secondary N) is 1. The van der Waals surface area contributed by atoms with Gasteiger partial charge in [0.2, 0.25) is 0 Å². The third kappa shape index (κ3) is 4.30. The predicted octanol–water partition coefficient (Wildman–Crippen LogP) is 4.39. The van der Waals surface area contributed by atoms with Crippen molar-refractivity contribution >= 4 is 27.5 Å². The summed E-state index contributed by atoms with van der Waals surface area (Å²) in [4.78, 5) is 4.21. The Bertz CT molecular complexity index is 528. The van der Waals surface area contributed by atoms with Gasteiger partial charge in [-0.05, 0) is 58.2 Å². The molecule has 0 fully saturated rings. The molecule has 1 N–H and O–H groups in total. The summed E-state index contributed by atoms with van der Waals surface area (Å²) in [7, 11) is 0. The fraction of sp³-hybridized carbons (Fsp3) is 0.267. The summed E-state index contributed by atoms with van der Waals surface area (Å²) in [5.41, 5.74) is 2.45. The van der Waals surface area contributed by atoms with Crippen LogP contribution in [0.2, 0.25) is 5.02 Å². The Kier molecular flexibility index (Phi) is 5.37. The number of aromatic nitrogens is 1. The van der Waals surface area contributed by atoms with Gasteiger partial charge in [0, 0.05) is 27.9 Å². The average Bonchev–Trinajstić information content (AvgIpc) is 2.39. The van der Waals surface area contributed by atoms with Crippen molar-refractivity contribution in [3.05, 3.63) is 63.3 Å². The van der Waals surface area contributed by atoms with Crippen LogP contribution in [-0.4, -0.2) is 11.5 Å². The lowest BCUT2D eigenvalue weighted by Crippen LogP contribution is -2.23. The second-order valence-electron chi connectivity index (χ2n) is 4.38. The van der Waals surface area contributed by atoms with Crippen LogP contribution < -0.4 is 5.32 Å². The number of halogens is 2. The van der Waals surface area contributed by atoms with E-state index in [2.05, 4.69) is 51.4 Å². The number of nitrogens with zero attached hydrogens (tertiary/aromatic N) is 1. The SMILES string of the molecule is CCNC(Cc1cncc(Br)c1)c1ccc(Cl)cc1. The van der Waals surface area contributed by atoms with Gasteiger partial charge in [0.05, 0.1) is 0 Å². The van der Waals surface area contributed by atoms with Crippen LogP contribution in [0.1, 0.15) is 24.1 Å². The van der Waals surface area contributed by atoms with Gasteiger partial charge in [0.25, 0.3) is 0 Å². The molecule has 1 atom stereocenters. The molecule has 0 aliphatic heterocycles. The predicted molar refractivity (Wildman–Crippen MR) is 83.5 cm³/mol. The van der Waals surface area contributed by atoms with Crippen molar-refractivity contribution in [2.24, 2.45) is 0 Å². The number of rotatable bonds is 5. The number of hydrogen-bond donors (Lipinski definition) is 1. The lowest BCUT2D eigenvalue weighted by atomic mass is 10.00. The minimum absolute atomic E-state index is 0.276. The van der Waals surface area contributed by atoms with Gasteiger partial charge in [-0.2, -0.15) is 0 Å². The highest BCUT2D eigenvalue weighted by molar-refractivity contribution is 9.10. The van der Waals surface area contributed by atoms with Crippen molar-refractivity contribution in [3.63, 3.8) is 0 Å². The molecular formula is C15H16BrClN2. The van der Waals surface area contributed by atoms with Crippen molar-refractivity contribution in [2.45, 2.75) is 19.4 Å². The van der Waals surface area contributed by atoms with E-state index in [0.29, 0.717) is 0 Å². The van der Waals surface area contributed by atoms with E-state index in [1.54, 1.807) is 6.20 Å². The monoisotopic (exact) mass is 338 g/mol. The highest BCUT2D eigenvalue weighted by Crippen LogP contribution is 2.21. The van der Waals surface area contributed by atoms with E-state index in [1.807, 2.05) is 18.3 Å². The summed E-state index contributed by atoms with van der Waals surface area (Å²) in [5, 5.41) is 4.27. The smallest absolute Gasteiger partial charge is 0.0410 e. The number of pyridine rings is 1. The second-order valence-corrected chi connectivity index (χ2v) is 5.73. The van der Waals surface area contributed by atoms with Crippen molar-refractivity contribution in [1.29, 1.82) is 0 Å². The molecule has 1 heterocycles. The summed E-state index contributed by atoms with van der Waals surface area (Å²) < 4.78 is 1.01. The molecule has 2 nitrogen and oxygen atoms in total. The normalized spacial score (nSPS) is 12.4. The lowest BCUT2D eigenvalue weighted by Gasteiger charge is -2.18. The maximum absolute atomic E-state index is 5.94. The molecule has 2 rings (SSSR count). The number of benzene rings is 1. The molecule has 0 aliphatic carbocycles. The van der Waals surface area contributed by atoms with Crippen LogP contribution in [0.5, 0.6) is 0 Å². The van der Waals surface area contributed by atoms with Crippen molar-refractivity contribution in [2.75, 3.05) is 6.54 Å². The molecule has 0 spiro atoms. The summed E-state index contributed by atoms with van der Waals surface area (Å²) in [6, 6.07) is 10.4. The quantitative estimate of drug-likeness (QED) is 0.874. The first-order chi connectivity index (χ1) is 9.19. The van der Waals surface area contributed by atoms with Crippen molar-refractivity contribution in [1.82, 2.24) is 10.3 Å². The minimum atomic E-state index is 0.276. The van der Waals surface area contributed by atoms with E-state index in [4.69, 9.17) is 11.6 Å². The summed E-state index contributed by atoms with van der Waals surface area (Å²) in [6.45, 7) is 3.04. The summed E-state index contributed by atoms with van der Waals surface area (Å²) in [6.07, 6.45) is 4.61. The Morgan fingerprint density at radius 1 is 1.26 bits per heavy atom. The highest BCUT2D eigenvalue weighted by Gasteiger charge is 2.11. The zero-order valence-electron chi connectivity index (χ0n) is 10.7. The molecule has 0 bridgehead atoms. The maximum Gasteiger partial charge on any atom is 0.0410 e. The molecule has 0 saturated carbocycles. The third-order valence-corrected chi connectivity index (χ3v) is 3.61. The Hall–Kier alpha value is -0.900. The lowest BCUT2D eigenvalue weighted by molar-refractivity contribution is 0.549. The van der Waals surface area contributed by atoms with Crippen LogP contribution in [0.25, 0.3) is 0 Å². The zero-order chi connectivity index (χ0) is 13.7. The first kappa shape index (κ1) is 14.5. The van der Waals surface area contributed by atoms with Crippen LogP contribution in [0.3, 0.4) is 0 Å². The molecule has 0 saturated heterocycles. The van der Waals surface area contributed by atoms with Gasteiger partial charge >= 0.3 is 0 Å². The standard InChI is InChI=1S/C15H16BrClN2/c1-2-19-15(12-3-5-14(17)6-4-12)8-11-7-13(16)10-18-9-11/h3-7,9-10,15,19H,2,8H2,1H3. The molecule has 19 heavy (non-hydrogen) atoms. The van der Waals surface area contributed by atoms with Crippen molar-refractivity contribution in [3.8, 4) is 0 Å². The van der Waals surface area contributed by atoms with E-state index >= 15 is 0 Å². The Balaban J connectivity index is 2.18. The Morgan fingerprint density at radius 3 is 2.63 bits per heavy atom. The minimum Gasteiger partial charge on any atom is -0.310 e. The summed E-state index contributed by atoms with van der Waals surface area (Å²) >= 11 is 9.39. The van der Waals surface area contributed by atoms with E-state index in [0.717, 1.165) is 22.5 Å². The fourth-order valence-electron chi connectivity index (χ4n) is 2.05. The largest absolute Gasteiger partial charge is 0.310 e. The van der Waals surface area contributed by atoms with Gasteiger partial charge in [-0.3, -0.25) is 4.98 Å². The number of hydrogen-bond acceptors (Lipinski definition) is 2. The molecule has 1 unspecified atom stereocenters. The van der Waals surface area contributed by atoms with E-state index in [1.165, 1.54) is 11.1 Å². The van der Waals surface area contributed by atoms with Crippen LogP contribution in [0.15, 0.2) is 47.2 Å². The van der Waals surface area contributed by atoms with Gasteiger partial charge in [0.1, 0.15) is 0 Å². The van der Waals surface area contributed by atoms with E-state index < -0.39 is 0 Å². The molecule has 1 aromatic carbocycles. The molecule has 0 amide bonds. The van der Waals surface area contributed by atoms with Gasteiger partial charge in [0.15, 0.2) is 0 Å². The molecule has 2 aromatic rings. The van der Waals surface area contributed by atoms with Crippen LogP contribution in [-0.2, 0) is 6.42 Å². The molecule has 4 heteroatoms. The van der Waals surface area contributed by atoms with Gasteiger partial charge in [-0.25, -0.2) is 0 Å². The molecule has 0 radical (unpaired) electrons. The van der Waals surface area contributed by atoms with Gasteiger partial charge < -0.3 is 5.32 Å². The maximum atomic E-state index is 5.94. The van der Waals surface area contributed by atoms with Crippen molar-refractivity contribution < 1.29 is 0 Å². The van der Waals surface area contributed by atoms with Crippen LogP contribution in [0.4, 0.5) is 0 Å². The number of likely N-dealkylation sites (N-methyl/N-ethyl adjacent to an activating group) is 1. The Labute approximate surface area is 127 Å². The fourth-order valence-corrected chi connectivity index (χ4v) is 2.59. The van der Waals surface area contributed by atoms with Gasteiger partial charge in [-0.15, -0.1) is 0 Å².